The molecule has 1 saturated heterocycles. The van der Waals surface area contributed by atoms with E-state index >= 15 is 0 Å². The monoisotopic (exact) mass is 340 g/mol. The smallest absolute Gasteiger partial charge is 0.254 e. The predicted molar refractivity (Wildman–Crippen MR) is 98.7 cm³/mol. The number of benzene rings is 2. The van der Waals surface area contributed by atoms with E-state index in [-0.39, 0.29) is 5.91 Å². The molecule has 0 radical (unpaired) electrons. The third kappa shape index (κ3) is 3.87. The fraction of sp³-hybridized carbons (Fsp3) is 0.350. The fourth-order valence-electron chi connectivity index (χ4n) is 3.17. The Morgan fingerprint density at radius 1 is 0.880 bits per heavy atom. The van der Waals surface area contributed by atoms with Crippen molar-refractivity contribution in [1.29, 1.82) is 0 Å². The number of ether oxygens (including phenoxy) is 2. The van der Waals surface area contributed by atoms with Gasteiger partial charge in [-0.1, -0.05) is 18.2 Å². The summed E-state index contributed by atoms with van der Waals surface area (Å²) in [5, 5.41) is 0. The third-order valence-corrected chi connectivity index (χ3v) is 4.53. The summed E-state index contributed by atoms with van der Waals surface area (Å²) in [6.07, 6.45) is 0.952. The van der Waals surface area contributed by atoms with E-state index in [1.807, 2.05) is 23.1 Å². The van der Waals surface area contributed by atoms with Crippen molar-refractivity contribution in [1.82, 2.24) is 4.90 Å². The van der Waals surface area contributed by atoms with Crippen LogP contribution in [-0.4, -0.2) is 51.2 Å². The molecule has 0 spiro atoms. The first kappa shape index (κ1) is 17.1. The lowest BCUT2D eigenvalue weighted by Gasteiger charge is -2.24. The maximum Gasteiger partial charge on any atom is 0.254 e. The normalized spacial score (nSPS) is 14.8. The summed E-state index contributed by atoms with van der Waals surface area (Å²) in [7, 11) is 3.17. The molecule has 5 heteroatoms. The number of hydrogen-bond acceptors (Lipinski definition) is 4. The van der Waals surface area contributed by atoms with Gasteiger partial charge in [0.25, 0.3) is 5.91 Å². The van der Waals surface area contributed by atoms with E-state index in [0.717, 1.165) is 26.1 Å². The Balaban J connectivity index is 1.71. The summed E-state index contributed by atoms with van der Waals surface area (Å²) in [5.41, 5.74) is 1.84. The lowest BCUT2D eigenvalue weighted by Crippen LogP contribution is -2.35. The lowest BCUT2D eigenvalue weighted by molar-refractivity contribution is 0.0766. The molecule has 0 bridgehead atoms. The first-order valence-electron chi connectivity index (χ1n) is 8.54. The molecule has 25 heavy (non-hydrogen) atoms. The highest BCUT2D eigenvalue weighted by Gasteiger charge is 2.21. The van der Waals surface area contributed by atoms with Crippen LogP contribution in [0.25, 0.3) is 0 Å². The first-order chi connectivity index (χ1) is 12.2. The number of hydrogen-bond donors (Lipinski definition) is 0. The largest absolute Gasteiger partial charge is 0.493 e. The van der Waals surface area contributed by atoms with E-state index in [0.29, 0.717) is 23.6 Å². The minimum Gasteiger partial charge on any atom is -0.493 e. The standard InChI is InChI=1S/C20H24N2O3/c1-24-18-10-9-16(15-19(18)25-2)20(23)22-12-6-11-21(13-14-22)17-7-4-3-5-8-17/h3-5,7-10,15H,6,11-14H2,1-2H3. The number of para-hydroxylation sites is 1. The van der Waals surface area contributed by atoms with E-state index < -0.39 is 0 Å². The number of rotatable bonds is 4. The van der Waals surface area contributed by atoms with Gasteiger partial charge in [-0.2, -0.15) is 0 Å². The average Bonchev–Trinajstić information content (AvgIpc) is 2.93. The second kappa shape index (κ2) is 7.92. The summed E-state index contributed by atoms with van der Waals surface area (Å²) in [5.74, 6) is 1.25. The fourth-order valence-corrected chi connectivity index (χ4v) is 3.17. The molecule has 2 aromatic rings. The number of methoxy groups -OCH3 is 2. The molecule has 5 nitrogen and oxygen atoms in total. The molecule has 1 aliphatic heterocycles. The van der Waals surface area contributed by atoms with Crippen LogP contribution in [0.4, 0.5) is 5.69 Å². The summed E-state index contributed by atoms with van der Waals surface area (Å²) in [6, 6.07) is 15.7. The van der Waals surface area contributed by atoms with Gasteiger partial charge in [0.15, 0.2) is 11.5 Å². The minimum absolute atomic E-state index is 0.0378. The molecular weight excluding hydrogens is 316 g/mol. The molecule has 0 N–H and O–H groups in total. The Kier molecular flexibility index (Phi) is 5.43. The van der Waals surface area contributed by atoms with Crippen LogP contribution in [0, 0.1) is 0 Å². The van der Waals surface area contributed by atoms with Crippen molar-refractivity contribution in [3.05, 3.63) is 54.1 Å². The topological polar surface area (TPSA) is 42.0 Å². The predicted octanol–water partition coefficient (Wildman–Crippen LogP) is 3.06. The molecular formula is C20H24N2O3. The van der Waals surface area contributed by atoms with Gasteiger partial charge < -0.3 is 19.3 Å². The zero-order valence-corrected chi connectivity index (χ0v) is 14.8. The third-order valence-electron chi connectivity index (χ3n) is 4.53. The zero-order chi connectivity index (χ0) is 17.6. The van der Waals surface area contributed by atoms with Gasteiger partial charge >= 0.3 is 0 Å². The van der Waals surface area contributed by atoms with E-state index in [4.69, 9.17) is 9.47 Å². The maximum atomic E-state index is 12.9. The highest BCUT2D eigenvalue weighted by atomic mass is 16.5. The van der Waals surface area contributed by atoms with Gasteiger partial charge in [-0.05, 0) is 36.8 Å². The maximum absolute atomic E-state index is 12.9. The van der Waals surface area contributed by atoms with Crippen LogP contribution in [-0.2, 0) is 0 Å². The van der Waals surface area contributed by atoms with Crippen molar-refractivity contribution < 1.29 is 14.3 Å². The first-order valence-corrected chi connectivity index (χ1v) is 8.54. The van der Waals surface area contributed by atoms with Crippen molar-refractivity contribution in [2.75, 3.05) is 45.3 Å². The van der Waals surface area contributed by atoms with Gasteiger partial charge in [-0.15, -0.1) is 0 Å². The number of carbonyl (C=O) groups excluding carboxylic acids is 1. The molecule has 0 saturated carbocycles. The Morgan fingerprint density at radius 3 is 2.36 bits per heavy atom. The quantitative estimate of drug-likeness (QED) is 0.858. The van der Waals surface area contributed by atoms with Crippen LogP contribution in [0.1, 0.15) is 16.8 Å². The second-order valence-electron chi connectivity index (χ2n) is 6.04. The van der Waals surface area contributed by atoms with Crippen molar-refractivity contribution in [3.8, 4) is 11.5 Å². The Hall–Kier alpha value is -2.69. The van der Waals surface area contributed by atoms with Gasteiger partial charge in [0.1, 0.15) is 0 Å². The van der Waals surface area contributed by atoms with E-state index in [9.17, 15) is 4.79 Å². The second-order valence-corrected chi connectivity index (χ2v) is 6.04. The van der Waals surface area contributed by atoms with Crippen LogP contribution in [0.15, 0.2) is 48.5 Å². The molecule has 3 rings (SSSR count). The Morgan fingerprint density at radius 2 is 1.64 bits per heavy atom. The average molecular weight is 340 g/mol. The number of amides is 1. The number of anilines is 1. The zero-order valence-electron chi connectivity index (χ0n) is 14.8. The van der Waals surface area contributed by atoms with Gasteiger partial charge in [0.05, 0.1) is 14.2 Å². The molecule has 0 unspecified atom stereocenters. The molecule has 1 amide bonds. The van der Waals surface area contributed by atoms with E-state index in [1.54, 1.807) is 32.4 Å². The minimum atomic E-state index is 0.0378. The van der Waals surface area contributed by atoms with Gasteiger partial charge in [-0.25, -0.2) is 0 Å². The van der Waals surface area contributed by atoms with Crippen LogP contribution < -0.4 is 14.4 Å². The van der Waals surface area contributed by atoms with Crippen molar-refractivity contribution in [3.63, 3.8) is 0 Å². The summed E-state index contributed by atoms with van der Waals surface area (Å²) >= 11 is 0. The number of nitrogens with zero attached hydrogens (tertiary/aromatic N) is 2. The number of carbonyl (C=O) groups is 1. The van der Waals surface area contributed by atoms with Crippen molar-refractivity contribution in [2.24, 2.45) is 0 Å². The summed E-state index contributed by atoms with van der Waals surface area (Å²) in [4.78, 5) is 17.1. The molecule has 2 aromatic carbocycles. The van der Waals surface area contributed by atoms with Crippen LogP contribution in [0.5, 0.6) is 11.5 Å². The molecule has 0 atom stereocenters. The molecule has 1 fully saturated rings. The van der Waals surface area contributed by atoms with Gasteiger partial charge in [-0.3, -0.25) is 4.79 Å². The van der Waals surface area contributed by atoms with E-state index in [1.165, 1.54) is 5.69 Å². The summed E-state index contributed by atoms with van der Waals surface area (Å²) in [6.45, 7) is 3.27. The van der Waals surface area contributed by atoms with Gasteiger partial charge in [0, 0.05) is 37.4 Å². The van der Waals surface area contributed by atoms with E-state index in [2.05, 4.69) is 17.0 Å². The Labute approximate surface area is 148 Å². The molecule has 0 aliphatic carbocycles. The Bertz CT molecular complexity index is 718. The van der Waals surface area contributed by atoms with Crippen LogP contribution in [0.2, 0.25) is 0 Å². The molecule has 0 aromatic heterocycles. The highest BCUT2D eigenvalue weighted by Crippen LogP contribution is 2.28. The molecule has 132 valence electrons. The van der Waals surface area contributed by atoms with Crippen LogP contribution in [0.3, 0.4) is 0 Å². The molecule has 1 aliphatic rings. The van der Waals surface area contributed by atoms with Gasteiger partial charge in [0.2, 0.25) is 0 Å². The summed E-state index contributed by atoms with van der Waals surface area (Å²) < 4.78 is 10.6. The highest BCUT2D eigenvalue weighted by molar-refractivity contribution is 5.95. The molecule has 1 heterocycles. The van der Waals surface area contributed by atoms with Crippen molar-refractivity contribution >= 4 is 11.6 Å². The SMILES string of the molecule is COc1ccc(C(=O)N2CCCN(c3ccccc3)CC2)cc1OC. The van der Waals surface area contributed by atoms with Crippen molar-refractivity contribution in [2.45, 2.75) is 6.42 Å². The van der Waals surface area contributed by atoms with Crippen LogP contribution >= 0.6 is 0 Å². The lowest BCUT2D eigenvalue weighted by atomic mass is 10.1.